The third-order valence-electron chi connectivity index (χ3n) is 2.79. The summed E-state index contributed by atoms with van der Waals surface area (Å²) in [6.45, 7) is 4.89. The number of hydrogen-bond donors (Lipinski definition) is 2. The molecule has 0 heterocycles. The molecule has 13 heteroatoms. The molecule has 0 spiro atoms. The smallest absolute Gasteiger partial charge is 0.327 e. The summed E-state index contributed by atoms with van der Waals surface area (Å²) >= 11 is 0. The lowest BCUT2D eigenvalue weighted by molar-refractivity contribution is -0.0158. The Labute approximate surface area is 158 Å². The lowest BCUT2D eigenvalue weighted by Crippen LogP contribution is -2.14. The van der Waals surface area contributed by atoms with Gasteiger partial charge in [0.05, 0.1) is 85.4 Å². The van der Waals surface area contributed by atoms with Crippen LogP contribution in [0, 0.1) is 0 Å². The Kier molecular flexibility index (Phi) is 19.4. The molecule has 0 aliphatic carbocycles. The van der Waals surface area contributed by atoms with Crippen LogP contribution in [0.15, 0.2) is 5.11 Å². The van der Waals surface area contributed by atoms with E-state index in [4.69, 9.17) is 43.7 Å². The quantitative estimate of drug-likeness (QED) is 0.0897. The minimum Gasteiger partial charge on any atom is -0.379 e. The van der Waals surface area contributed by atoms with E-state index in [1.807, 2.05) is 0 Å². The van der Waals surface area contributed by atoms with Crippen LogP contribution in [-0.2, 0) is 33.0 Å². The second-order valence-electron chi connectivity index (χ2n) is 5.02. The SMILES string of the molecule is [N-]=[N+]=NCCOCCOCCOCCOCCOCCOCCP(=O)(O)O. The van der Waals surface area contributed by atoms with Crippen molar-refractivity contribution in [2.75, 3.05) is 92.0 Å². The van der Waals surface area contributed by atoms with Gasteiger partial charge in [-0.2, -0.15) is 0 Å². The van der Waals surface area contributed by atoms with Crippen molar-refractivity contribution in [1.82, 2.24) is 0 Å². The van der Waals surface area contributed by atoms with Crippen LogP contribution in [0.3, 0.4) is 0 Å². The summed E-state index contributed by atoms with van der Waals surface area (Å²) in [4.78, 5) is 19.9. The predicted octanol–water partition coefficient (Wildman–Crippen LogP) is 0.574. The zero-order valence-electron chi connectivity index (χ0n) is 15.4. The van der Waals surface area contributed by atoms with Crippen LogP contribution in [-0.4, -0.2) is 102 Å². The van der Waals surface area contributed by atoms with E-state index in [0.29, 0.717) is 72.6 Å². The molecule has 0 fully saturated rings. The van der Waals surface area contributed by atoms with E-state index in [0.717, 1.165) is 0 Å². The Morgan fingerprint density at radius 1 is 0.667 bits per heavy atom. The van der Waals surface area contributed by atoms with Crippen LogP contribution < -0.4 is 0 Å². The van der Waals surface area contributed by atoms with Crippen LogP contribution >= 0.6 is 7.60 Å². The minimum absolute atomic E-state index is 0.00956. The standard InChI is InChI=1S/C14H30N3O9P/c15-17-16-1-2-21-3-4-22-5-6-23-7-8-24-9-10-25-11-12-26-13-14-27(18,19)20/h1-14H2,(H2,18,19,20). The number of hydrogen-bond acceptors (Lipinski definition) is 8. The van der Waals surface area contributed by atoms with E-state index in [1.165, 1.54) is 0 Å². The Morgan fingerprint density at radius 2 is 1.00 bits per heavy atom. The van der Waals surface area contributed by atoms with Gasteiger partial charge in [-0.1, -0.05) is 5.11 Å². The van der Waals surface area contributed by atoms with Crippen LogP contribution in [0.25, 0.3) is 10.4 Å². The van der Waals surface area contributed by atoms with Crippen molar-refractivity contribution < 1.29 is 42.8 Å². The molecule has 0 saturated carbocycles. The van der Waals surface area contributed by atoms with Gasteiger partial charge < -0.3 is 38.2 Å². The van der Waals surface area contributed by atoms with Crippen molar-refractivity contribution in [3.8, 4) is 0 Å². The second kappa shape index (κ2) is 20.0. The van der Waals surface area contributed by atoms with E-state index in [1.54, 1.807) is 0 Å². The highest BCUT2D eigenvalue weighted by atomic mass is 31.2. The molecule has 0 atom stereocenters. The Balaban J connectivity index is 3.05. The van der Waals surface area contributed by atoms with Crippen LogP contribution in [0.4, 0.5) is 0 Å². The first kappa shape index (κ1) is 26.2. The molecule has 0 amide bonds. The molecule has 0 aromatic heterocycles. The van der Waals surface area contributed by atoms with Crippen molar-refractivity contribution in [3.63, 3.8) is 0 Å². The zero-order chi connectivity index (χ0) is 20.1. The predicted molar refractivity (Wildman–Crippen MR) is 95.8 cm³/mol. The summed E-state index contributed by atoms with van der Waals surface area (Å²) in [7, 11) is -3.98. The number of ether oxygens (including phenoxy) is 6. The van der Waals surface area contributed by atoms with Crippen molar-refractivity contribution >= 4 is 7.60 Å². The van der Waals surface area contributed by atoms with Gasteiger partial charge in [0.25, 0.3) is 0 Å². The average Bonchev–Trinajstić information content (AvgIpc) is 2.62. The first-order chi connectivity index (χ1) is 13.1. The average molecular weight is 415 g/mol. The lowest BCUT2D eigenvalue weighted by atomic mass is 10.6. The second-order valence-corrected chi connectivity index (χ2v) is 6.79. The molecule has 0 saturated heterocycles. The van der Waals surface area contributed by atoms with Crippen molar-refractivity contribution in [2.45, 2.75) is 0 Å². The van der Waals surface area contributed by atoms with E-state index < -0.39 is 7.60 Å². The molecule has 27 heavy (non-hydrogen) atoms. The van der Waals surface area contributed by atoms with Gasteiger partial charge in [-0.15, -0.1) is 0 Å². The number of azide groups is 1. The Morgan fingerprint density at radius 3 is 1.33 bits per heavy atom. The fourth-order valence-electron chi connectivity index (χ4n) is 1.54. The molecule has 2 N–H and O–H groups in total. The molecular formula is C14H30N3O9P. The molecular weight excluding hydrogens is 385 g/mol. The Bertz CT molecular complexity index is 419. The molecule has 12 nitrogen and oxygen atoms in total. The zero-order valence-corrected chi connectivity index (χ0v) is 16.3. The topological polar surface area (TPSA) is 162 Å². The monoisotopic (exact) mass is 415 g/mol. The first-order valence-electron chi connectivity index (χ1n) is 8.58. The van der Waals surface area contributed by atoms with Gasteiger partial charge in [0.15, 0.2) is 0 Å². The maximum absolute atomic E-state index is 10.6. The van der Waals surface area contributed by atoms with E-state index >= 15 is 0 Å². The van der Waals surface area contributed by atoms with E-state index in [2.05, 4.69) is 10.0 Å². The maximum Gasteiger partial charge on any atom is 0.327 e. The van der Waals surface area contributed by atoms with Crippen LogP contribution in [0.2, 0.25) is 0 Å². The van der Waals surface area contributed by atoms with Crippen LogP contribution in [0.5, 0.6) is 0 Å². The van der Waals surface area contributed by atoms with Gasteiger partial charge in [0.2, 0.25) is 0 Å². The van der Waals surface area contributed by atoms with Crippen molar-refractivity contribution in [1.29, 1.82) is 0 Å². The molecule has 0 radical (unpaired) electrons. The normalized spacial score (nSPS) is 11.5. The fourth-order valence-corrected chi connectivity index (χ4v) is 1.90. The summed E-state index contributed by atoms with van der Waals surface area (Å²) < 4.78 is 41.9. The summed E-state index contributed by atoms with van der Waals surface area (Å²) in [6.07, 6.45) is -0.284. The molecule has 0 aromatic rings. The number of rotatable bonds is 21. The molecule has 0 aliphatic rings. The minimum atomic E-state index is -3.98. The fraction of sp³-hybridized carbons (Fsp3) is 1.00. The van der Waals surface area contributed by atoms with Crippen molar-refractivity contribution in [3.05, 3.63) is 10.4 Å². The van der Waals surface area contributed by atoms with Crippen LogP contribution in [0.1, 0.15) is 0 Å². The molecule has 0 rings (SSSR count). The summed E-state index contributed by atoms with van der Waals surface area (Å²) in [5, 5.41) is 3.34. The molecule has 0 bridgehead atoms. The molecule has 0 aliphatic heterocycles. The van der Waals surface area contributed by atoms with Crippen molar-refractivity contribution in [2.24, 2.45) is 5.11 Å². The highest BCUT2D eigenvalue weighted by Gasteiger charge is 2.11. The van der Waals surface area contributed by atoms with Gasteiger partial charge in [-0.25, -0.2) is 0 Å². The summed E-state index contributed by atoms with van der Waals surface area (Å²) in [5.74, 6) is 0. The third kappa shape index (κ3) is 25.2. The van der Waals surface area contributed by atoms with Gasteiger partial charge in [-0.3, -0.25) is 4.57 Å². The molecule has 0 unspecified atom stereocenters. The van der Waals surface area contributed by atoms with E-state index in [9.17, 15) is 4.57 Å². The van der Waals surface area contributed by atoms with Gasteiger partial charge in [-0.05, 0) is 5.53 Å². The largest absolute Gasteiger partial charge is 0.379 e. The molecule has 0 aromatic carbocycles. The summed E-state index contributed by atoms with van der Waals surface area (Å²) in [6, 6.07) is 0. The lowest BCUT2D eigenvalue weighted by Gasteiger charge is -2.08. The maximum atomic E-state index is 10.6. The highest BCUT2D eigenvalue weighted by molar-refractivity contribution is 7.51. The third-order valence-corrected chi connectivity index (χ3v) is 3.55. The Hall–Kier alpha value is -0.780. The van der Waals surface area contributed by atoms with Gasteiger partial charge in [0.1, 0.15) is 0 Å². The first-order valence-corrected chi connectivity index (χ1v) is 10.4. The van der Waals surface area contributed by atoms with Gasteiger partial charge in [0, 0.05) is 11.5 Å². The van der Waals surface area contributed by atoms with Gasteiger partial charge >= 0.3 is 7.60 Å². The van der Waals surface area contributed by atoms with E-state index in [-0.39, 0.29) is 19.4 Å². The highest BCUT2D eigenvalue weighted by Crippen LogP contribution is 2.33. The summed E-state index contributed by atoms with van der Waals surface area (Å²) in [5.41, 5.74) is 8.06. The molecule has 160 valence electrons. The number of nitrogens with zero attached hydrogens (tertiary/aromatic N) is 3.